The highest BCUT2D eigenvalue weighted by Gasteiger charge is 2.15. The predicted octanol–water partition coefficient (Wildman–Crippen LogP) is 5.94. The van der Waals surface area contributed by atoms with E-state index in [4.69, 9.17) is 4.74 Å². The minimum atomic E-state index is -0.0543. The van der Waals surface area contributed by atoms with Crippen molar-refractivity contribution in [2.45, 2.75) is 12.5 Å². The first kappa shape index (κ1) is 22.6. The molecule has 4 aromatic carbocycles. The van der Waals surface area contributed by atoms with E-state index in [1.165, 1.54) is 16.3 Å². The Morgan fingerprint density at radius 2 is 1.61 bits per heavy atom. The van der Waals surface area contributed by atoms with Crippen molar-refractivity contribution in [2.24, 2.45) is 0 Å². The van der Waals surface area contributed by atoms with Crippen LogP contribution in [0.25, 0.3) is 21.9 Å². The molecule has 0 spiro atoms. The number of nitrogens with zero attached hydrogens (tertiary/aromatic N) is 1. The number of carbonyl (C=O) groups excluding carboxylic acids is 1. The third-order valence-corrected chi connectivity index (χ3v) is 6.03. The topological polar surface area (TPSA) is 41.6 Å². The monoisotopic (exact) mass is 438 g/mol. The van der Waals surface area contributed by atoms with Crippen LogP contribution in [0.15, 0.2) is 91.0 Å². The van der Waals surface area contributed by atoms with Crippen LogP contribution in [0.4, 0.5) is 0 Å². The second-order valence-electron chi connectivity index (χ2n) is 8.44. The van der Waals surface area contributed by atoms with Gasteiger partial charge in [0.15, 0.2) is 0 Å². The number of amides is 1. The summed E-state index contributed by atoms with van der Waals surface area (Å²) in [6.07, 6.45) is 0.829. The normalized spacial score (nSPS) is 12.0. The summed E-state index contributed by atoms with van der Waals surface area (Å²) in [6, 6.07) is 30.8. The lowest BCUT2D eigenvalue weighted by Gasteiger charge is -2.25. The number of hydrogen-bond acceptors (Lipinski definition) is 3. The Morgan fingerprint density at radius 3 is 2.33 bits per heavy atom. The molecule has 0 saturated heterocycles. The maximum Gasteiger partial charge on any atom is 0.251 e. The van der Waals surface area contributed by atoms with E-state index in [0.717, 1.165) is 23.3 Å². The van der Waals surface area contributed by atoms with Gasteiger partial charge in [0.1, 0.15) is 5.75 Å². The number of carbonyl (C=O) groups is 1. The fourth-order valence-corrected chi connectivity index (χ4v) is 4.19. The van der Waals surface area contributed by atoms with E-state index in [1.54, 1.807) is 7.11 Å². The Morgan fingerprint density at radius 1 is 0.848 bits per heavy atom. The summed E-state index contributed by atoms with van der Waals surface area (Å²) in [4.78, 5) is 15.1. The second kappa shape index (κ2) is 10.3. The Labute approximate surface area is 195 Å². The lowest BCUT2D eigenvalue weighted by Crippen LogP contribution is -2.29. The molecule has 1 N–H and O–H groups in total. The smallest absolute Gasteiger partial charge is 0.251 e. The number of fused-ring (bicyclic) bond motifs is 1. The highest BCUT2D eigenvalue weighted by molar-refractivity contribution is 5.95. The molecule has 4 heteroatoms. The van der Waals surface area contributed by atoms with Gasteiger partial charge in [0.05, 0.1) is 7.11 Å². The molecule has 0 bridgehead atoms. The Bertz CT molecular complexity index is 1230. The zero-order valence-corrected chi connectivity index (χ0v) is 19.4. The molecule has 4 aromatic rings. The number of hydrogen-bond donors (Lipinski definition) is 1. The molecule has 0 saturated carbocycles. The first-order valence-electron chi connectivity index (χ1n) is 11.2. The number of methoxy groups -OCH3 is 1. The molecule has 1 unspecified atom stereocenters. The van der Waals surface area contributed by atoms with Crippen molar-refractivity contribution < 1.29 is 9.53 Å². The zero-order chi connectivity index (χ0) is 23.2. The van der Waals surface area contributed by atoms with Gasteiger partial charge in [-0.3, -0.25) is 4.79 Å². The van der Waals surface area contributed by atoms with Gasteiger partial charge >= 0.3 is 0 Å². The van der Waals surface area contributed by atoms with Crippen molar-refractivity contribution in [3.63, 3.8) is 0 Å². The van der Waals surface area contributed by atoms with Crippen LogP contribution in [0.2, 0.25) is 0 Å². The van der Waals surface area contributed by atoms with Crippen molar-refractivity contribution in [1.82, 2.24) is 10.2 Å². The van der Waals surface area contributed by atoms with E-state index in [2.05, 4.69) is 66.8 Å². The molecule has 0 aliphatic rings. The lowest BCUT2D eigenvalue weighted by atomic mass is 9.99. The van der Waals surface area contributed by atoms with Gasteiger partial charge in [0, 0.05) is 18.2 Å². The van der Waals surface area contributed by atoms with Gasteiger partial charge in [-0.1, -0.05) is 60.7 Å². The van der Waals surface area contributed by atoms with E-state index in [0.29, 0.717) is 12.1 Å². The van der Waals surface area contributed by atoms with Gasteiger partial charge in [-0.05, 0) is 78.3 Å². The molecule has 0 heterocycles. The molecule has 4 rings (SSSR count). The van der Waals surface area contributed by atoms with Crippen LogP contribution in [0.1, 0.15) is 28.4 Å². The number of ether oxygens (including phenoxy) is 1. The van der Waals surface area contributed by atoms with Crippen LogP contribution in [0.3, 0.4) is 0 Å². The SMILES string of the molecule is COc1ccc(-c2cccc(C(=O)NCCC(c3ccc4ccccc4c3)N(C)C)c2)cc1. The summed E-state index contributed by atoms with van der Waals surface area (Å²) in [5.41, 5.74) is 3.98. The van der Waals surface area contributed by atoms with E-state index in [9.17, 15) is 4.79 Å². The van der Waals surface area contributed by atoms with Gasteiger partial charge in [-0.25, -0.2) is 0 Å². The molecule has 1 amide bonds. The Kier molecular flexibility index (Phi) is 7.06. The van der Waals surface area contributed by atoms with Crippen molar-refractivity contribution in [3.05, 3.63) is 102 Å². The summed E-state index contributed by atoms with van der Waals surface area (Å²) in [5.74, 6) is 0.760. The molecule has 0 aliphatic carbocycles. The van der Waals surface area contributed by atoms with Crippen LogP contribution in [0, 0.1) is 0 Å². The van der Waals surface area contributed by atoms with Crippen LogP contribution in [0.5, 0.6) is 5.75 Å². The highest BCUT2D eigenvalue weighted by Crippen LogP contribution is 2.26. The average Bonchev–Trinajstić information content (AvgIpc) is 2.86. The molecular formula is C29H30N2O2. The van der Waals surface area contributed by atoms with E-state index >= 15 is 0 Å². The molecule has 0 fully saturated rings. The zero-order valence-electron chi connectivity index (χ0n) is 19.4. The largest absolute Gasteiger partial charge is 0.497 e. The standard InChI is InChI=1S/C29H30N2O2/c1-31(2)28(25-12-11-21-7-4-5-8-23(21)19-25)17-18-30-29(32)26-10-6-9-24(20-26)22-13-15-27(33-3)16-14-22/h4-16,19-20,28H,17-18H2,1-3H3,(H,30,32). The van der Waals surface area contributed by atoms with Crippen molar-refractivity contribution in [2.75, 3.05) is 27.7 Å². The summed E-state index contributed by atoms with van der Waals surface area (Å²) < 4.78 is 5.23. The van der Waals surface area contributed by atoms with E-state index in [-0.39, 0.29) is 11.9 Å². The van der Waals surface area contributed by atoms with Crippen molar-refractivity contribution in [1.29, 1.82) is 0 Å². The van der Waals surface area contributed by atoms with Crippen LogP contribution >= 0.6 is 0 Å². The number of benzene rings is 4. The molecule has 1 atom stereocenters. The lowest BCUT2D eigenvalue weighted by molar-refractivity contribution is 0.0949. The maximum absolute atomic E-state index is 12.8. The number of nitrogens with one attached hydrogen (secondary N) is 1. The van der Waals surface area contributed by atoms with Gasteiger partial charge in [-0.2, -0.15) is 0 Å². The quantitative estimate of drug-likeness (QED) is 0.370. The predicted molar refractivity (Wildman–Crippen MR) is 136 cm³/mol. The molecular weight excluding hydrogens is 408 g/mol. The third-order valence-electron chi connectivity index (χ3n) is 6.03. The fraction of sp³-hybridized carbons (Fsp3) is 0.207. The fourth-order valence-electron chi connectivity index (χ4n) is 4.19. The summed E-state index contributed by atoms with van der Waals surface area (Å²) >= 11 is 0. The second-order valence-corrected chi connectivity index (χ2v) is 8.44. The summed E-state index contributed by atoms with van der Waals surface area (Å²) in [6.45, 7) is 0.598. The summed E-state index contributed by atoms with van der Waals surface area (Å²) in [7, 11) is 5.82. The molecule has 168 valence electrons. The molecule has 4 nitrogen and oxygen atoms in total. The van der Waals surface area contributed by atoms with E-state index < -0.39 is 0 Å². The van der Waals surface area contributed by atoms with Gasteiger partial charge in [0.2, 0.25) is 0 Å². The Hall–Kier alpha value is -3.63. The molecule has 0 aliphatic heterocycles. The highest BCUT2D eigenvalue weighted by atomic mass is 16.5. The minimum absolute atomic E-state index is 0.0543. The Balaban J connectivity index is 1.42. The maximum atomic E-state index is 12.8. The first-order chi connectivity index (χ1) is 16.0. The minimum Gasteiger partial charge on any atom is -0.497 e. The summed E-state index contributed by atoms with van der Waals surface area (Å²) in [5, 5.41) is 5.58. The number of rotatable bonds is 8. The average molecular weight is 439 g/mol. The van der Waals surface area contributed by atoms with Crippen LogP contribution < -0.4 is 10.1 Å². The first-order valence-corrected chi connectivity index (χ1v) is 11.2. The van der Waals surface area contributed by atoms with Crippen LogP contribution in [-0.4, -0.2) is 38.6 Å². The molecule has 0 radical (unpaired) electrons. The van der Waals surface area contributed by atoms with Crippen molar-refractivity contribution >= 4 is 16.7 Å². The van der Waals surface area contributed by atoms with Crippen LogP contribution in [-0.2, 0) is 0 Å². The third kappa shape index (κ3) is 5.41. The molecule has 0 aromatic heterocycles. The van der Waals surface area contributed by atoms with Gasteiger partial charge in [0.25, 0.3) is 5.91 Å². The van der Waals surface area contributed by atoms with Gasteiger partial charge in [-0.15, -0.1) is 0 Å². The van der Waals surface area contributed by atoms with E-state index in [1.807, 2.05) is 48.5 Å². The van der Waals surface area contributed by atoms with Gasteiger partial charge < -0.3 is 15.0 Å². The van der Waals surface area contributed by atoms with Crippen molar-refractivity contribution in [3.8, 4) is 16.9 Å². The molecule has 33 heavy (non-hydrogen) atoms.